The fourth-order valence-corrected chi connectivity index (χ4v) is 1.87. The quantitative estimate of drug-likeness (QED) is 0.725. The Balaban J connectivity index is 2.34. The van der Waals surface area contributed by atoms with Gasteiger partial charge in [-0.2, -0.15) is 5.10 Å². The summed E-state index contributed by atoms with van der Waals surface area (Å²) in [6.07, 6.45) is 1.36. The van der Waals surface area contributed by atoms with E-state index in [0.29, 0.717) is 22.6 Å². The van der Waals surface area contributed by atoms with E-state index in [0.717, 1.165) is 5.39 Å². The lowest BCUT2D eigenvalue weighted by molar-refractivity contribution is -0.136. The fourth-order valence-electron chi connectivity index (χ4n) is 1.87. The first-order chi connectivity index (χ1) is 8.25. The van der Waals surface area contributed by atoms with Crippen LogP contribution >= 0.6 is 0 Å². The molecule has 0 aliphatic carbocycles. The number of benzene rings is 1. The number of carbonyl (C=O) groups is 1. The minimum Gasteiger partial charge on any atom is -0.481 e. The van der Waals surface area contributed by atoms with E-state index >= 15 is 0 Å². The number of aromatic nitrogens is 2. The SMILES string of the molecule is O=C(O)Cc1oc2ccccc2c2nncc1-2. The van der Waals surface area contributed by atoms with Crippen LogP contribution in [0.25, 0.3) is 22.2 Å². The summed E-state index contributed by atoms with van der Waals surface area (Å²) >= 11 is 0. The van der Waals surface area contributed by atoms with E-state index < -0.39 is 5.97 Å². The molecule has 17 heavy (non-hydrogen) atoms. The van der Waals surface area contributed by atoms with Crippen LogP contribution in [-0.4, -0.2) is 21.3 Å². The second kappa shape index (κ2) is 3.55. The minimum absolute atomic E-state index is 0.172. The molecule has 0 atom stereocenters. The predicted molar refractivity (Wildman–Crippen MR) is 59.8 cm³/mol. The molecule has 84 valence electrons. The highest BCUT2D eigenvalue weighted by molar-refractivity contribution is 5.93. The molecule has 0 spiro atoms. The maximum absolute atomic E-state index is 10.8. The molecule has 0 amide bonds. The normalized spacial score (nSPS) is 11.1. The van der Waals surface area contributed by atoms with Crippen molar-refractivity contribution in [3.05, 3.63) is 36.2 Å². The van der Waals surface area contributed by atoms with Gasteiger partial charge >= 0.3 is 5.97 Å². The third-order valence-electron chi connectivity index (χ3n) is 2.59. The van der Waals surface area contributed by atoms with Gasteiger partial charge in [0.05, 0.1) is 11.8 Å². The number of nitrogens with zero attached hydrogens (tertiary/aromatic N) is 2. The summed E-state index contributed by atoms with van der Waals surface area (Å²) in [7, 11) is 0. The van der Waals surface area contributed by atoms with Crippen LogP contribution in [0.3, 0.4) is 0 Å². The van der Waals surface area contributed by atoms with Crippen molar-refractivity contribution in [1.29, 1.82) is 0 Å². The monoisotopic (exact) mass is 228 g/mol. The zero-order valence-electron chi connectivity index (χ0n) is 8.75. The molecule has 0 bridgehead atoms. The van der Waals surface area contributed by atoms with E-state index in [1.807, 2.05) is 18.2 Å². The topological polar surface area (TPSA) is 76.2 Å². The Morgan fingerprint density at radius 2 is 2.18 bits per heavy atom. The highest BCUT2D eigenvalue weighted by atomic mass is 16.4. The third-order valence-corrected chi connectivity index (χ3v) is 2.59. The lowest BCUT2D eigenvalue weighted by Crippen LogP contribution is -2.02. The molecule has 2 aliphatic rings. The van der Waals surface area contributed by atoms with Gasteiger partial charge in [0.1, 0.15) is 23.5 Å². The van der Waals surface area contributed by atoms with Crippen molar-refractivity contribution in [3.8, 4) is 11.3 Å². The van der Waals surface area contributed by atoms with Crippen molar-refractivity contribution < 1.29 is 14.3 Å². The lowest BCUT2D eigenvalue weighted by Gasteiger charge is -2.07. The molecule has 0 radical (unpaired) electrons. The maximum atomic E-state index is 10.8. The maximum Gasteiger partial charge on any atom is 0.311 e. The van der Waals surface area contributed by atoms with Gasteiger partial charge in [0.2, 0.25) is 0 Å². The average molecular weight is 228 g/mol. The largest absolute Gasteiger partial charge is 0.481 e. The minimum atomic E-state index is -0.938. The van der Waals surface area contributed by atoms with Crippen LogP contribution in [0.2, 0.25) is 0 Å². The Labute approximate surface area is 96.0 Å². The molecule has 0 unspecified atom stereocenters. The van der Waals surface area contributed by atoms with Crippen molar-refractivity contribution in [2.45, 2.75) is 6.42 Å². The summed E-state index contributed by atoms with van der Waals surface area (Å²) in [4.78, 5) is 10.8. The summed E-state index contributed by atoms with van der Waals surface area (Å²) < 4.78 is 5.58. The Morgan fingerprint density at radius 1 is 1.35 bits per heavy atom. The van der Waals surface area contributed by atoms with Gasteiger partial charge in [-0.3, -0.25) is 4.79 Å². The van der Waals surface area contributed by atoms with Crippen LogP contribution in [0.1, 0.15) is 5.76 Å². The molecule has 0 saturated heterocycles. The second-order valence-corrected chi connectivity index (χ2v) is 3.70. The predicted octanol–water partition coefficient (Wildman–Crippen LogP) is 1.95. The first-order valence-electron chi connectivity index (χ1n) is 5.09. The van der Waals surface area contributed by atoms with Crippen LogP contribution in [0.15, 0.2) is 34.9 Å². The first kappa shape index (κ1) is 9.77. The van der Waals surface area contributed by atoms with Gasteiger partial charge in [-0.15, -0.1) is 5.10 Å². The van der Waals surface area contributed by atoms with Crippen LogP contribution < -0.4 is 0 Å². The second-order valence-electron chi connectivity index (χ2n) is 3.70. The standard InChI is InChI=1S/C12H8N2O3/c15-11(16)5-10-8-6-13-14-12(8)7-3-1-2-4-9(7)17-10/h1-4,6H,5H2,(H,15,16). The smallest absolute Gasteiger partial charge is 0.311 e. The Hall–Kier alpha value is -2.43. The van der Waals surface area contributed by atoms with Gasteiger partial charge in [0.15, 0.2) is 0 Å². The van der Waals surface area contributed by atoms with Crippen LogP contribution in [0, 0.1) is 0 Å². The molecule has 1 aromatic carbocycles. The summed E-state index contributed by atoms with van der Waals surface area (Å²) in [5.74, 6) is -0.553. The number of hydrogen-bond donors (Lipinski definition) is 1. The molecular formula is C12H8N2O3. The zero-order valence-corrected chi connectivity index (χ0v) is 8.75. The van der Waals surface area contributed by atoms with E-state index in [4.69, 9.17) is 9.52 Å². The van der Waals surface area contributed by atoms with Gasteiger partial charge in [-0.25, -0.2) is 0 Å². The number of hydrogen-bond acceptors (Lipinski definition) is 4. The number of rotatable bonds is 2. The van der Waals surface area contributed by atoms with Crippen LogP contribution in [0.5, 0.6) is 0 Å². The number of aliphatic carboxylic acids is 1. The van der Waals surface area contributed by atoms with E-state index in [2.05, 4.69) is 10.2 Å². The molecule has 0 fully saturated rings. The van der Waals surface area contributed by atoms with Crippen molar-refractivity contribution in [1.82, 2.24) is 10.2 Å². The first-order valence-corrected chi connectivity index (χ1v) is 5.09. The van der Waals surface area contributed by atoms with Gasteiger partial charge in [-0.1, -0.05) is 12.1 Å². The molecule has 1 aromatic rings. The Morgan fingerprint density at radius 3 is 3.00 bits per heavy atom. The molecule has 5 nitrogen and oxygen atoms in total. The van der Waals surface area contributed by atoms with Crippen molar-refractivity contribution in [2.24, 2.45) is 0 Å². The van der Waals surface area contributed by atoms with Gasteiger partial charge in [0.25, 0.3) is 0 Å². The fraction of sp³-hybridized carbons (Fsp3) is 0.0833. The van der Waals surface area contributed by atoms with E-state index in [1.165, 1.54) is 6.20 Å². The molecule has 5 heteroatoms. The molecule has 2 aliphatic heterocycles. The lowest BCUT2D eigenvalue weighted by atomic mass is 10.1. The van der Waals surface area contributed by atoms with E-state index in [1.54, 1.807) is 6.07 Å². The van der Waals surface area contributed by atoms with Gasteiger partial charge in [0, 0.05) is 5.39 Å². The summed E-state index contributed by atoms with van der Waals surface area (Å²) in [5.41, 5.74) is 1.96. The van der Waals surface area contributed by atoms with Gasteiger partial charge < -0.3 is 9.52 Å². The molecule has 3 rings (SSSR count). The summed E-state index contributed by atoms with van der Waals surface area (Å²) in [6, 6.07) is 7.37. The van der Waals surface area contributed by atoms with E-state index in [9.17, 15) is 4.79 Å². The number of carboxylic acid groups (broad SMARTS) is 1. The number of para-hydroxylation sites is 1. The Bertz CT molecular complexity index is 675. The average Bonchev–Trinajstić information content (AvgIpc) is 2.78. The summed E-state index contributed by atoms with van der Waals surface area (Å²) in [6.45, 7) is 0. The number of fused-ring (bicyclic) bond motifs is 3. The van der Waals surface area contributed by atoms with Gasteiger partial charge in [-0.05, 0) is 12.1 Å². The third kappa shape index (κ3) is 1.52. The van der Waals surface area contributed by atoms with Crippen LogP contribution in [0.4, 0.5) is 0 Å². The number of carboxylic acids is 1. The molecule has 0 aromatic heterocycles. The highest BCUT2D eigenvalue weighted by Gasteiger charge is 2.19. The zero-order chi connectivity index (χ0) is 11.8. The van der Waals surface area contributed by atoms with Crippen molar-refractivity contribution in [3.63, 3.8) is 0 Å². The molecule has 1 N–H and O–H groups in total. The highest BCUT2D eigenvalue weighted by Crippen LogP contribution is 2.32. The molecule has 2 heterocycles. The van der Waals surface area contributed by atoms with E-state index in [-0.39, 0.29) is 6.42 Å². The molecule has 0 saturated carbocycles. The van der Waals surface area contributed by atoms with Crippen molar-refractivity contribution >= 4 is 16.9 Å². The Kier molecular flexibility index (Phi) is 2.04. The summed E-state index contributed by atoms with van der Waals surface area (Å²) in [5, 5.41) is 17.5. The van der Waals surface area contributed by atoms with Crippen molar-refractivity contribution in [2.75, 3.05) is 0 Å². The van der Waals surface area contributed by atoms with Crippen LogP contribution in [-0.2, 0) is 11.2 Å². The molecular weight excluding hydrogens is 220 g/mol.